The van der Waals surface area contributed by atoms with E-state index in [-0.39, 0.29) is 35.3 Å². The number of carbonyl (C=O) groups is 1. The molecule has 6 atom stereocenters. The number of ether oxygens (including phenoxy) is 3. The normalized spacial score (nSPS) is 22.3. The fourth-order valence-electron chi connectivity index (χ4n) is 5.66. The van der Waals surface area contributed by atoms with Gasteiger partial charge < -0.3 is 34.7 Å². The molecule has 0 amide bonds. The molecule has 5 aromatic rings. The Morgan fingerprint density at radius 3 is 2.58 bits per heavy atom. The predicted molar refractivity (Wildman–Crippen MR) is 191 cm³/mol. The van der Waals surface area contributed by atoms with Gasteiger partial charge in [0, 0.05) is 28.0 Å². The summed E-state index contributed by atoms with van der Waals surface area (Å²) in [6.07, 6.45) is -3.50. The third kappa shape index (κ3) is 7.14. The lowest BCUT2D eigenvalue weighted by atomic mass is 9.96. The number of esters is 1. The molecule has 2 aromatic heterocycles. The minimum absolute atomic E-state index is 0.104. The van der Waals surface area contributed by atoms with Gasteiger partial charge in [0.2, 0.25) is 11.8 Å². The minimum Gasteiger partial charge on any atom is -0.479 e. The number of nitrogens with zero attached hydrogens (tertiary/aromatic N) is 4. The number of carbonyl (C=O) groups excluding carboxylic acids is 1. The fourth-order valence-corrected chi connectivity index (χ4v) is 7.90. The molecule has 0 aliphatic carbocycles. The van der Waals surface area contributed by atoms with E-state index < -0.39 is 50.4 Å². The number of fused-ring (bicyclic) bond motifs is 2. The van der Waals surface area contributed by atoms with Crippen molar-refractivity contribution in [3.05, 3.63) is 82.2 Å². The monoisotopic (exact) mass is 818 g/mol. The van der Waals surface area contributed by atoms with Gasteiger partial charge in [0.25, 0.3) is 0 Å². The van der Waals surface area contributed by atoms with Gasteiger partial charge in [-0.1, -0.05) is 73.7 Å². The van der Waals surface area contributed by atoms with Crippen molar-refractivity contribution in [1.29, 1.82) is 0 Å². The van der Waals surface area contributed by atoms with Crippen LogP contribution < -0.4 is 20.1 Å². The zero-order chi connectivity index (χ0) is 35.6. The van der Waals surface area contributed by atoms with E-state index in [1.54, 1.807) is 48.5 Å². The number of hydrogen-bond acceptors (Lipinski definition) is 13. The third-order valence-electron chi connectivity index (χ3n) is 8.15. The van der Waals surface area contributed by atoms with Gasteiger partial charge in [-0.2, -0.15) is 15.1 Å². The summed E-state index contributed by atoms with van der Waals surface area (Å²) < 4.78 is 45.7. The van der Waals surface area contributed by atoms with Crippen LogP contribution in [0, 0.1) is 3.83 Å². The number of benzene rings is 3. The van der Waals surface area contributed by atoms with Gasteiger partial charge in [-0.05, 0) is 30.4 Å². The Bertz CT molecular complexity index is 2040. The number of nitrogens with two attached hydrogens (primary N) is 1. The number of anilines is 1. The molecule has 3 heterocycles. The molecule has 0 spiro atoms. The van der Waals surface area contributed by atoms with Crippen LogP contribution in [0.15, 0.2) is 72.8 Å². The zero-order valence-corrected chi connectivity index (χ0v) is 30.4. The first kappa shape index (κ1) is 35.9. The van der Waals surface area contributed by atoms with Gasteiger partial charge in [0.15, 0.2) is 21.2 Å². The summed E-state index contributed by atoms with van der Waals surface area (Å²) >= 11 is 1.93. The van der Waals surface area contributed by atoms with Crippen molar-refractivity contribution < 1.29 is 42.8 Å². The van der Waals surface area contributed by atoms with E-state index in [1.807, 2.05) is 53.8 Å². The predicted octanol–water partition coefficient (Wildman–Crippen LogP) is 4.67. The number of hydrogen-bond donors (Lipinski definition) is 4. The summed E-state index contributed by atoms with van der Waals surface area (Å²) in [7, 11) is -3.11. The Balaban J connectivity index is 1.34. The van der Waals surface area contributed by atoms with Gasteiger partial charge >= 0.3 is 13.7 Å². The number of imidazole rings is 1. The van der Waals surface area contributed by atoms with Crippen LogP contribution in [0.2, 0.25) is 0 Å². The quantitative estimate of drug-likeness (QED) is 0.0553. The second-order valence-electron chi connectivity index (χ2n) is 11.7. The second kappa shape index (κ2) is 14.8. The lowest BCUT2D eigenvalue weighted by molar-refractivity contribution is -0.146. The van der Waals surface area contributed by atoms with Crippen molar-refractivity contribution in [2.45, 2.75) is 50.3 Å². The molecule has 1 aliphatic heterocycles. The van der Waals surface area contributed by atoms with Crippen LogP contribution in [-0.4, -0.2) is 73.8 Å². The van der Waals surface area contributed by atoms with Gasteiger partial charge in [-0.3, -0.25) is 9.09 Å². The number of nitrogens with one attached hydrogen (secondary N) is 1. The highest BCUT2D eigenvalue weighted by Gasteiger charge is 2.55. The van der Waals surface area contributed by atoms with E-state index in [0.29, 0.717) is 21.2 Å². The summed E-state index contributed by atoms with van der Waals surface area (Å²) in [5.74, 6) is -0.462. The molecule has 15 nitrogen and oxygen atoms in total. The SMILES string of the molecule is CCCOC(=O)[C@H](NP(=O)(OC[C@H]1O[C@@H](n2c(I)nc3c(OC)nc(N)nc32)[C@](C)(O)[C@@H]1O)Oc1cccc2ccccc12)c1ccccc1. The molecule has 0 bridgehead atoms. The minimum atomic E-state index is -4.52. The first-order chi connectivity index (χ1) is 24.0. The number of halogens is 1. The maximum absolute atomic E-state index is 14.8. The van der Waals surface area contributed by atoms with E-state index >= 15 is 0 Å². The number of nitrogen functional groups attached to an aromatic ring is 1. The first-order valence-electron chi connectivity index (χ1n) is 15.7. The van der Waals surface area contributed by atoms with Crippen molar-refractivity contribution in [3.8, 4) is 11.6 Å². The number of rotatable bonds is 13. The van der Waals surface area contributed by atoms with Gasteiger partial charge in [-0.15, -0.1) is 0 Å². The number of methoxy groups -OCH3 is 1. The molecule has 3 aromatic carbocycles. The maximum Gasteiger partial charge on any atom is 0.459 e. The third-order valence-corrected chi connectivity index (χ3v) is 10.4. The molecule has 1 unspecified atom stereocenters. The van der Waals surface area contributed by atoms with Crippen LogP contribution in [0.1, 0.15) is 38.1 Å². The highest BCUT2D eigenvalue weighted by molar-refractivity contribution is 14.1. The molecule has 264 valence electrons. The van der Waals surface area contributed by atoms with Crippen LogP contribution in [0.4, 0.5) is 5.95 Å². The van der Waals surface area contributed by atoms with Gasteiger partial charge in [0.1, 0.15) is 29.6 Å². The lowest BCUT2D eigenvalue weighted by Gasteiger charge is -2.28. The van der Waals surface area contributed by atoms with Crippen LogP contribution >= 0.6 is 30.3 Å². The maximum atomic E-state index is 14.8. The number of aliphatic hydroxyl groups excluding tert-OH is 1. The van der Waals surface area contributed by atoms with Crippen molar-refractivity contribution in [2.75, 3.05) is 26.1 Å². The van der Waals surface area contributed by atoms with Gasteiger partial charge in [0.05, 0.1) is 20.3 Å². The standard InChI is InChI=1S/C33H36IN6O9P/c1-4-17-46-29(42)24(20-12-6-5-7-13-20)39-50(44,49-22-16-10-14-19-11-8-9-15-21(19)22)47-18-23-26(41)33(2,43)30(48-23)40-27-25(36-31(40)34)28(45-3)38-32(35)37-27/h5-16,23-24,26,30,41,43H,4,17-18H2,1-3H3,(H,39,44)(H2,35,37,38)/t23-,24-,26-,30-,33-,50?/m1/s1. The molecule has 0 radical (unpaired) electrons. The molecule has 1 fully saturated rings. The molecular formula is C33H36IN6O9P. The molecule has 1 aliphatic rings. The first-order valence-corrected chi connectivity index (χ1v) is 18.3. The number of aliphatic hydroxyl groups is 2. The molecule has 50 heavy (non-hydrogen) atoms. The molecule has 17 heteroatoms. The lowest BCUT2D eigenvalue weighted by Crippen LogP contribution is -2.44. The number of aromatic nitrogens is 4. The smallest absolute Gasteiger partial charge is 0.459 e. The van der Waals surface area contributed by atoms with E-state index in [4.69, 9.17) is 29.0 Å². The molecule has 5 N–H and O–H groups in total. The van der Waals surface area contributed by atoms with Crippen LogP contribution in [0.3, 0.4) is 0 Å². The summed E-state index contributed by atoms with van der Waals surface area (Å²) in [6.45, 7) is 2.84. The summed E-state index contributed by atoms with van der Waals surface area (Å²) in [4.78, 5) is 26.2. The fraction of sp³-hybridized carbons (Fsp3) is 0.333. The second-order valence-corrected chi connectivity index (χ2v) is 14.4. The Morgan fingerprint density at radius 2 is 1.84 bits per heavy atom. The van der Waals surface area contributed by atoms with Crippen molar-refractivity contribution >= 4 is 64.2 Å². The van der Waals surface area contributed by atoms with Crippen molar-refractivity contribution in [3.63, 3.8) is 0 Å². The molecule has 6 rings (SSSR count). The van der Waals surface area contributed by atoms with Crippen LogP contribution in [0.5, 0.6) is 11.6 Å². The summed E-state index contributed by atoms with van der Waals surface area (Å²) in [6, 6.07) is 19.9. The Morgan fingerprint density at radius 1 is 1.12 bits per heavy atom. The highest BCUT2D eigenvalue weighted by atomic mass is 127. The van der Waals surface area contributed by atoms with Crippen LogP contribution in [-0.2, 0) is 23.4 Å². The average molecular weight is 819 g/mol. The Labute approximate surface area is 300 Å². The molecule has 0 saturated carbocycles. The summed E-state index contributed by atoms with van der Waals surface area (Å²) in [5, 5.41) is 27.2. The van der Waals surface area contributed by atoms with Crippen molar-refractivity contribution in [2.24, 2.45) is 0 Å². The average Bonchev–Trinajstić information content (AvgIpc) is 3.55. The van der Waals surface area contributed by atoms with E-state index in [1.165, 1.54) is 18.6 Å². The Kier molecular flexibility index (Phi) is 10.6. The molecule has 1 saturated heterocycles. The zero-order valence-electron chi connectivity index (χ0n) is 27.3. The van der Waals surface area contributed by atoms with Crippen molar-refractivity contribution in [1.82, 2.24) is 24.6 Å². The van der Waals surface area contributed by atoms with E-state index in [9.17, 15) is 19.6 Å². The molecular weight excluding hydrogens is 782 g/mol. The highest BCUT2D eigenvalue weighted by Crippen LogP contribution is 2.50. The topological polar surface area (TPSA) is 202 Å². The Hall–Kier alpha value is -3.90. The largest absolute Gasteiger partial charge is 0.479 e. The van der Waals surface area contributed by atoms with E-state index in [2.05, 4.69) is 20.0 Å². The van der Waals surface area contributed by atoms with Gasteiger partial charge in [-0.25, -0.2) is 14.3 Å². The summed E-state index contributed by atoms with van der Waals surface area (Å²) in [5.41, 5.74) is 4.90. The van der Waals surface area contributed by atoms with E-state index in [0.717, 1.165) is 5.39 Å². The van der Waals surface area contributed by atoms with Crippen LogP contribution in [0.25, 0.3) is 21.9 Å².